The molecule has 0 aromatic heterocycles. The maximum absolute atomic E-state index is 12.4. The van der Waals surface area contributed by atoms with Crippen molar-refractivity contribution in [3.8, 4) is 0 Å². The van der Waals surface area contributed by atoms with Crippen LogP contribution in [0, 0.1) is 5.92 Å². The van der Waals surface area contributed by atoms with Crippen molar-refractivity contribution in [1.82, 2.24) is 15.5 Å². The van der Waals surface area contributed by atoms with E-state index in [0.717, 1.165) is 12.8 Å². The van der Waals surface area contributed by atoms with Gasteiger partial charge in [-0.05, 0) is 66.0 Å². The number of hydrogen-bond donors (Lipinski definition) is 2. The Balaban J connectivity index is 1.97. The lowest BCUT2D eigenvalue weighted by atomic mass is 9.78. The minimum Gasteiger partial charge on any atom is -0.459 e. The molecule has 0 spiro atoms. The molecule has 0 saturated carbocycles. The monoisotopic (exact) mass is 339 g/mol. The second kappa shape index (κ2) is 6.70. The Labute approximate surface area is 143 Å². The Bertz CT molecular complexity index is 520. The largest absolute Gasteiger partial charge is 0.459 e. The summed E-state index contributed by atoms with van der Waals surface area (Å²) < 4.78 is 5.52. The Morgan fingerprint density at radius 2 is 1.92 bits per heavy atom. The van der Waals surface area contributed by atoms with Gasteiger partial charge in [-0.1, -0.05) is 6.92 Å². The number of likely N-dealkylation sites (tertiary alicyclic amines) is 1. The number of carbonyl (C=O) groups excluding carboxylic acids is 3. The molecule has 0 bridgehead atoms. The predicted molar refractivity (Wildman–Crippen MR) is 89.3 cm³/mol. The van der Waals surface area contributed by atoms with Crippen LogP contribution in [0.15, 0.2) is 0 Å². The maximum atomic E-state index is 12.4. The first-order valence-electron chi connectivity index (χ1n) is 8.67. The van der Waals surface area contributed by atoms with E-state index in [9.17, 15) is 14.4 Å². The van der Waals surface area contributed by atoms with E-state index >= 15 is 0 Å². The van der Waals surface area contributed by atoms with Crippen molar-refractivity contribution in [1.29, 1.82) is 0 Å². The van der Waals surface area contributed by atoms with E-state index in [1.807, 2.05) is 27.7 Å². The third-order valence-corrected chi connectivity index (χ3v) is 4.92. The van der Waals surface area contributed by atoms with Crippen molar-refractivity contribution in [2.75, 3.05) is 13.1 Å². The molecule has 0 aliphatic carbocycles. The van der Waals surface area contributed by atoms with Gasteiger partial charge in [0.25, 0.3) is 5.91 Å². The van der Waals surface area contributed by atoms with E-state index in [2.05, 4.69) is 15.5 Å². The molecule has 2 fully saturated rings. The molecule has 2 heterocycles. The molecule has 136 valence electrons. The Hall–Kier alpha value is -1.63. The van der Waals surface area contributed by atoms with Crippen molar-refractivity contribution < 1.29 is 19.1 Å². The Morgan fingerprint density at radius 1 is 1.33 bits per heavy atom. The zero-order valence-corrected chi connectivity index (χ0v) is 15.3. The van der Waals surface area contributed by atoms with Crippen molar-refractivity contribution in [3.05, 3.63) is 0 Å². The lowest BCUT2D eigenvalue weighted by Gasteiger charge is -2.41. The van der Waals surface area contributed by atoms with Gasteiger partial charge in [-0.25, -0.2) is 4.79 Å². The summed E-state index contributed by atoms with van der Waals surface area (Å²) in [6.07, 6.45) is 2.20. The van der Waals surface area contributed by atoms with Gasteiger partial charge >= 0.3 is 12.0 Å². The fourth-order valence-electron chi connectivity index (χ4n) is 3.58. The number of imide groups is 1. The van der Waals surface area contributed by atoms with Crippen LogP contribution in [0.2, 0.25) is 0 Å². The van der Waals surface area contributed by atoms with Gasteiger partial charge in [0.15, 0.2) is 0 Å². The number of esters is 1. The number of nitrogens with zero attached hydrogens (tertiary/aromatic N) is 1. The van der Waals surface area contributed by atoms with Gasteiger partial charge in [-0.15, -0.1) is 0 Å². The molecule has 0 aromatic rings. The molecule has 2 rings (SSSR count). The Morgan fingerprint density at radius 3 is 2.33 bits per heavy atom. The molecule has 0 aromatic carbocycles. The zero-order chi connectivity index (χ0) is 18.1. The molecule has 2 saturated heterocycles. The van der Waals surface area contributed by atoms with Crippen molar-refractivity contribution in [2.24, 2.45) is 5.92 Å². The lowest BCUT2D eigenvalue weighted by molar-refractivity contribution is -0.162. The van der Waals surface area contributed by atoms with Crippen LogP contribution in [-0.2, 0) is 14.3 Å². The summed E-state index contributed by atoms with van der Waals surface area (Å²) in [6.45, 7) is 10.8. The van der Waals surface area contributed by atoms with Crippen LogP contribution in [0.5, 0.6) is 0 Å². The van der Waals surface area contributed by atoms with Crippen LogP contribution in [-0.4, -0.2) is 53.1 Å². The summed E-state index contributed by atoms with van der Waals surface area (Å²) in [7, 11) is 0. The fourth-order valence-corrected chi connectivity index (χ4v) is 3.58. The van der Waals surface area contributed by atoms with Crippen LogP contribution in [0.25, 0.3) is 0 Å². The highest BCUT2D eigenvalue weighted by Gasteiger charge is 2.49. The van der Waals surface area contributed by atoms with Gasteiger partial charge in [0.05, 0.1) is 0 Å². The molecule has 2 N–H and O–H groups in total. The summed E-state index contributed by atoms with van der Waals surface area (Å²) in [6, 6.07) is -0.685. The maximum Gasteiger partial charge on any atom is 0.323 e. The summed E-state index contributed by atoms with van der Waals surface area (Å²) >= 11 is 0. The van der Waals surface area contributed by atoms with Crippen LogP contribution >= 0.6 is 0 Å². The molecule has 3 amide bonds. The van der Waals surface area contributed by atoms with Gasteiger partial charge in [0.2, 0.25) is 0 Å². The highest BCUT2D eigenvalue weighted by atomic mass is 16.6. The van der Waals surface area contributed by atoms with E-state index in [-0.39, 0.29) is 23.8 Å². The summed E-state index contributed by atoms with van der Waals surface area (Å²) in [4.78, 5) is 38.0. The molecule has 7 heteroatoms. The molecule has 0 radical (unpaired) electrons. The molecular formula is C17H29N3O4. The topological polar surface area (TPSA) is 87.7 Å². The van der Waals surface area contributed by atoms with Gasteiger partial charge in [0, 0.05) is 0 Å². The smallest absolute Gasteiger partial charge is 0.323 e. The zero-order valence-electron chi connectivity index (χ0n) is 15.3. The summed E-state index contributed by atoms with van der Waals surface area (Å²) in [5.74, 6) is -0.386. The van der Waals surface area contributed by atoms with Gasteiger partial charge < -0.3 is 10.1 Å². The minimum atomic E-state index is -0.850. The summed E-state index contributed by atoms with van der Waals surface area (Å²) in [5.41, 5.74) is -1.35. The molecule has 0 unspecified atom stereocenters. The average Bonchev–Trinajstić information content (AvgIpc) is 2.72. The number of hydrogen-bond acceptors (Lipinski definition) is 5. The van der Waals surface area contributed by atoms with E-state index in [4.69, 9.17) is 4.74 Å². The van der Waals surface area contributed by atoms with E-state index in [1.165, 1.54) is 0 Å². The number of urea groups is 1. The minimum absolute atomic E-state index is 0.0661. The van der Waals surface area contributed by atoms with Gasteiger partial charge in [-0.2, -0.15) is 0 Å². The van der Waals surface area contributed by atoms with Crippen LogP contribution < -0.4 is 10.6 Å². The number of amides is 3. The highest BCUT2D eigenvalue weighted by molar-refractivity contribution is 6.06. The molecule has 24 heavy (non-hydrogen) atoms. The number of ether oxygens (including phenoxy) is 1. The predicted octanol–water partition coefficient (Wildman–Crippen LogP) is 1.42. The lowest BCUT2D eigenvalue weighted by Crippen LogP contribution is -2.55. The first-order valence-corrected chi connectivity index (χ1v) is 8.67. The van der Waals surface area contributed by atoms with Crippen molar-refractivity contribution in [3.63, 3.8) is 0 Å². The first-order chi connectivity index (χ1) is 11.1. The number of nitrogens with one attached hydrogen (secondary N) is 2. The normalized spacial score (nSPS) is 27.5. The standard InChI is InChI=1S/C17H29N3O4/c1-6-12(13(21)24-16(2,3)4)20-9-7-11(8-10-20)17(5)14(22)18-15(23)19-17/h11-12H,6-10H2,1-5H3,(H2,18,19,22,23)/t12-,17+/m1/s1. The van der Waals surface area contributed by atoms with Crippen LogP contribution in [0.1, 0.15) is 53.9 Å². The number of piperidine rings is 1. The molecule has 2 aliphatic rings. The third-order valence-electron chi connectivity index (χ3n) is 4.92. The summed E-state index contributed by atoms with van der Waals surface area (Å²) in [5, 5.41) is 5.07. The SMILES string of the molecule is CC[C@H](C(=O)OC(C)(C)C)N1CCC([C@]2(C)NC(=O)NC2=O)CC1. The van der Waals surface area contributed by atoms with E-state index in [0.29, 0.717) is 19.5 Å². The fraction of sp³-hybridized carbons (Fsp3) is 0.824. The molecule has 7 nitrogen and oxygen atoms in total. The van der Waals surface area contributed by atoms with Crippen molar-refractivity contribution in [2.45, 2.75) is 71.1 Å². The second-order valence-electron chi connectivity index (χ2n) is 7.88. The third kappa shape index (κ3) is 3.88. The Kier molecular flexibility index (Phi) is 5.22. The average molecular weight is 339 g/mol. The molecule has 2 aliphatic heterocycles. The molecule has 2 atom stereocenters. The van der Waals surface area contributed by atoms with Crippen LogP contribution in [0.4, 0.5) is 4.79 Å². The van der Waals surface area contributed by atoms with Gasteiger partial charge in [-0.3, -0.25) is 19.8 Å². The highest BCUT2D eigenvalue weighted by Crippen LogP contribution is 2.31. The first kappa shape index (κ1) is 18.7. The quantitative estimate of drug-likeness (QED) is 0.597. The van der Waals surface area contributed by atoms with Crippen LogP contribution in [0.3, 0.4) is 0 Å². The van der Waals surface area contributed by atoms with Crippen molar-refractivity contribution >= 4 is 17.9 Å². The molecular weight excluding hydrogens is 310 g/mol. The van der Waals surface area contributed by atoms with Gasteiger partial charge in [0.1, 0.15) is 17.2 Å². The second-order valence-corrected chi connectivity index (χ2v) is 7.88. The number of rotatable bonds is 4. The van der Waals surface area contributed by atoms with E-state index in [1.54, 1.807) is 6.92 Å². The number of carbonyl (C=O) groups is 3. The van der Waals surface area contributed by atoms with E-state index < -0.39 is 17.2 Å².